The van der Waals surface area contributed by atoms with Crippen LogP contribution in [0.3, 0.4) is 0 Å². The minimum atomic E-state index is -0.494. The highest BCUT2D eigenvalue weighted by molar-refractivity contribution is 5.85. The van der Waals surface area contributed by atoms with Crippen LogP contribution in [0.2, 0.25) is 0 Å². The summed E-state index contributed by atoms with van der Waals surface area (Å²) in [6.07, 6.45) is 0.549. The van der Waals surface area contributed by atoms with E-state index in [1.54, 1.807) is 24.1 Å². The molecule has 23 heavy (non-hydrogen) atoms. The first-order valence-corrected chi connectivity index (χ1v) is 7.70. The van der Waals surface area contributed by atoms with Gasteiger partial charge in [-0.15, -0.1) is 0 Å². The summed E-state index contributed by atoms with van der Waals surface area (Å²) in [5, 5.41) is 0. The summed E-state index contributed by atoms with van der Waals surface area (Å²) >= 11 is 0. The van der Waals surface area contributed by atoms with Crippen molar-refractivity contribution >= 4 is 18.1 Å². The van der Waals surface area contributed by atoms with Crippen molar-refractivity contribution in [1.29, 1.82) is 0 Å². The highest BCUT2D eigenvalue weighted by atomic mass is 16.6. The number of rotatable bonds is 3. The van der Waals surface area contributed by atoms with Crippen LogP contribution < -0.4 is 9.64 Å². The topological polar surface area (TPSA) is 59.1 Å². The second kappa shape index (κ2) is 6.89. The molecule has 0 aromatic heterocycles. The van der Waals surface area contributed by atoms with Gasteiger partial charge in [-0.25, -0.2) is 4.79 Å². The lowest BCUT2D eigenvalue weighted by atomic mass is 10.1. The number of nitrogens with zero attached hydrogens (tertiary/aromatic N) is 2. The number of carbonyl (C=O) groups excluding carboxylic acids is 2. The fourth-order valence-electron chi connectivity index (χ4n) is 2.48. The van der Waals surface area contributed by atoms with Crippen molar-refractivity contribution in [1.82, 2.24) is 4.90 Å². The molecule has 1 aromatic rings. The Balaban J connectivity index is 2.04. The first kappa shape index (κ1) is 17.1. The van der Waals surface area contributed by atoms with Gasteiger partial charge in [-0.05, 0) is 32.9 Å². The van der Waals surface area contributed by atoms with Crippen LogP contribution in [0, 0.1) is 0 Å². The van der Waals surface area contributed by atoms with Gasteiger partial charge in [0.05, 0.1) is 12.8 Å². The van der Waals surface area contributed by atoms with Crippen molar-refractivity contribution in [3.8, 4) is 5.75 Å². The van der Waals surface area contributed by atoms with Crippen LogP contribution >= 0.6 is 0 Å². The molecule has 6 nitrogen and oxygen atoms in total. The average molecular weight is 320 g/mol. The number of benzene rings is 1. The van der Waals surface area contributed by atoms with Crippen LogP contribution in [-0.4, -0.2) is 56.2 Å². The highest BCUT2D eigenvalue weighted by Crippen LogP contribution is 2.26. The first-order chi connectivity index (χ1) is 10.8. The number of piperazine rings is 1. The first-order valence-electron chi connectivity index (χ1n) is 7.70. The molecule has 1 saturated heterocycles. The molecule has 1 amide bonds. The van der Waals surface area contributed by atoms with Gasteiger partial charge in [0, 0.05) is 37.8 Å². The monoisotopic (exact) mass is 320 g/mol. The van der Waals surface area contributed by atoms with Gasteiger partial charge in [-0.3, -0.25) is 4.79 Å². The van der Waals surface area contributed by atoms with Crippen LogP contribution in [0.5, 0.6) is 5.75 Å². The molecule has 0 saturated carbocycles. The summed E-state index contributed by atoms with van der Waals surface area (Å²) in [7, 11) is 1.60. The third kappa shape index (κ3) is 4.37. The van der Waals surface area contributed by atoms with E-state index in [0.29, 0.717) is 37.5 Å². The van der Waals surface area contributed by atoms with Crippen molar-refractivity contribution in [2.45, 2.75) is 26.4 Å². The van der Waals surface area contributed by atoms with Crippen LogP contribution in [0.4, 0.5) is 10.5 Å². The van der Waals surface area contributed by atoms with Crippen LogP contribution in [0.1, 0.15) is 31.1 Å². The Morgan fingerprint density at radius 1 is 1.17 bits per heavy atom. The number of hydrogen-bond donors (Lipinski definition) is 0. The van der Waals surface area contributed by atoms with Gasteiger partial charge in [0.15, 0.2) is 6.29 Å². The van der Waals surface area contributed by atoms with Gasteiger partial charge in [-0.1, -0.05) is 0 Å². The molecule has 0 unspecified atom stereocenters. The quantitative estimate of drug-likeness (QED) is 0.801. The van der Waals surface area contributed by atoms with Crippen molar-refractivity contribution in [3.05, 3.63) is 23.8 Å². The summed E-state index contributed by atoms with van der Waals surface area (Å²) < 4.78 is 10.6. The second-order valence-corrected chi connectivity index (χ2v) is 6.50. The molecule has 0 N–H and O–H groups in total. The number of anilines is 1. The van der Waals surface area contributed by atoms with E-state index in [-0.39, 0.29) is 6.09 Å². The Morgan fingerprint density at radius 2 is 1.83 bits per heavy atom. The third-order valence-electron chi connectivity index (χ3n) is 3.64. The molecule has 0 aliphatic carbocycles. The predicted octanol–water partition coefficient (Wildman–Crippen LogP) is 2.56. The third-order valence-corrected chi connectivity index (χ3v) is 3.64. The number of methoxy groups -OCH3 is 1. The Morgan fingerprint density at radius 3 is 2.35 bits per heavy atom. The zero-order valence-electron chi connectivity index (χ0n) is 14.2. The van der Waals surface area contributed by atoms with Crippen molar-refractivity contribution < 1.29 is 19.1 Å². The molecule has 126 valence electrons. The molecule has 1 aliphatic heterocycles. The van der Waals surface area contributed by atoms with E-state index >= 15 is 0 Å². The number of ether oxygens (including phenoxy) is 2. The fraction of sp³-hybridized carbons (Fsp3) is 0.529. The van der Waals surface area contributed by atoms with E-state index in [4.69, 9.17) is 9.47 Å². The molecule has 0 bridgehead atoms. The molecule has 1 aromatic carbocycles. The minimum absolute atomic E-state index is 0.293. The lowest BCUT2D eigenvalue weighted by molar-refractivity contribution is 0.0240. The SMILES string of the molecule is COc1ccc(C=O)c(N2CCN(C(=O)OC(C)(C)C)CC2)c1. The van der Waals surface area contributed by atoms with Gasteiger partial charge in [0.25, 0.3) is 0 Å². The Labute approximate surface area is 137 Å². The number of amides is 1. The molecule has 1 fully saturated rings. The van der Waals surface area contributed by atoms with E-state index < -0.39 is 5.60 Å². The smallest absolute Gasteiger partial charge is 0.410 e. The molecular formula is C17H24N2O4. The summed E-state index contributed by atoms with van der Waals surface area (Å²) in [5.74, 6) is 0.708. The summed E-state index contributed by atoms with van der Waals surface area (Å²) in [6.45, 7) is 7.98. The second-order valence-electron chi connectivity index (χ2n) is 6.50. The molecule has 1 aliphatic rings. The minimum Gasteiger partial charge on any atom is -0.497 e. The van der Waals surface area contributed by atoms with E-state index in [1.165, 1.54) is 0 Å². The van der Waals surface area contributed by atoms with E-state index in [0.717, 1.165) is 12.0 Å². The Bertz CT molecular complexity index is 572. The van der Waals surface area contributed by atoms with Crippen LogP contribution in [-0.2, 0) is 4.74 Å². The predicted molar refractivity (Wildman–Crippen MR) is 88.4 cm³/mol. The zero-order valence-corrected chi connectivity index (χ0v) is 14.2. The maximum atomic E-state index is 12.1. The highest BCUT2D eigenvalue weighted by Gasteiger charge is 2.26. The number of carbonyl (C=O) groups is 2. The van der Waals surface area contributed by atoms with Crippen molar-refractivity contribution in [2.75, 3.05) is 38.2 Å². The molecular weight excluding hydrogens is 296 g/mol. The van der Waals surface area contributed by atoms with Gasteiger partial charge in [0.2, 0.25) is 0 Å². The van der Waals surface area contributed by atoms with E-state index in [2.05, 4.69) is 4.90 Å². The van der Waals surface area contributed by atoms with E-state index in [9.17, 15) is 9.59 Å². The molecule has 1 heterocycles. The molecule has 0 spiro atoms. The van der Waals surface area contributed by atoms with Crippen molar-refractivity contribution in [3.63, 3.8) is 0 Å². The number of aldehydes is 1. The molecule has 6 heteroatoms. The van der Waals surface area contributed by atoms with Gasteiger partial charge >= 0.3 is 6.09 Å². The lowest BCUT2D eigenvalue weighted by Gasteiger charge is -2.37. The van der Waals surface area contributed by atoms with Gasteiger partial charge in [0.1, 0.15) is 11.4 Å². The van der Waals surface area contributed by atoms with Crippen molar-refractivity contribution in [2.24, 2.45) is 0 Å². The lowest BCUT2D eigenvalue weighted by Crippen LogP contribution is -2.50. The standard InChI is InChI=1S/C17H24N2O4/c1-17(2,3)23-16(21)19-9-7-18(8-10-19)15-11-14(22-4)6-5-13(15)12-20/h5-6,11-12H,7-10H2,1-4H3. The summed E-state index contributed by atoms with van der Waals surface area (Å²) in [4.78, 5) is 27.1. The maximum Gasteiger partial charge on any atom is 0.410 e. The summed E-state index contributed by atoms with van der Waals surface area (Å²) in [5.41, 5.74) is 0.964. The Hall–Kier alpha value is -2.24. The molecule has 2 rings (SSSR count). The van der Waals surface area contributed by atoms with Gasteiger partial charge < -0.3 is 19.3 Å². The van der Waals surface area contributed by atoms with Gasteiger partial charge in [-0.2, -0.15) is 0 Å². The van der Waals surface area contributed by atoms with Crippen LogP contribution in [0.25, 0.3) is 0 Å². The molecule has 0 atom stereocenters. The average Bonchev–Trinajstić information content (AvgIpc) is 2.52. The van der Waals surface area contributed by atoms with Crippen LogP contribution in [0.15, 0.2) is 18.2 Å². The fourth-order valence-corrected chi connectivity index (χ4v) is 2.48. The number of hydrogen-bond acceptors (Lipinski definition) is 5. The summed E-state index contributed by atoms with van der Waals surface area (Å²) in [6, 6.07) is 5.37. The normalized spacial score (nSPS) is 15.3. The maximum absolute atomic E-state index is 12.1. The zero-order chi connectivity index (χ0) is 17.0. The Kier molecular flexibility index (Phi) is 5.13. The molecule has 0 radical (unpaired) electrons. The van der Waals surface area contributed by atoms with E-state index in [1.807, 2.05) is 26.8 Å². The largest absolute Gasteiger partial charge is 0.497 e.